The highest BCUT2D eigenvalue weighted by molar-refractivity contribution is 7.13. The summed E-state index contributed by atoms with van der Waals surface area (Å²) in [7, 11) is 3.77. The topological polar surface area (TPSA) is 36.4 Å². The molecule has 0 aliphatic carbocycles. The second kappa shape index (κ2) is 2.23. The van der Waals surface area contributed by atoms with Crippen molar-refractivity contribution >= 4 is 16.5 Å². The lowest BCUT2D eigenvalue weighted by Crippen LogP contribution is -2.07. The summed E-state index contributed by atoms with van der Waals surface area (Å²) < 4.78 is 0. The first-order valence-electron chi connectivity index (χ1n) is 2.52. The van der Waals surface area contributed by atoms with Crippen LogP contribution in [0.2, 0.25) is 0 Å². The Morgan fingerprint density at radius 1 is 1.67 bits per heavy atom. The largest absolute Gasteiger partial charge is 0.493 e. The van der Waals surface area contributed by atoms with E-state index >= 15 is 0 Å². The van der Waals surface area contributed by atoms with E-state index in [1.807, 2.05) is 19.0 Å². The molecule has 1 aromatic rings. The van der Waals surface area contributed by atoms with Gasteiger partial charge in [-0.1, -0.05) is 0 Å². The van der Waals surface area contributed by atoms with Crippen LogP contribution in [-0.4, -0.2) is 24.2 Å². The van der Waals surface area contributed by atoms with E-state index in [9.17, 15) is 0 Å². The standard InChI is InChI=1S/C5H8N2OS/c1-7(2)5-6-4(8)3-9-5/h3,8H,1-2H3. The second-order valence-electron chi connectivity index (χ2n) is 1.88. The Kier molecular flexibility index (Phi) is 1.57. The molecule has 50 valence electrons. The van der Waals surface area contributed by atoms with Crippen molar-refractivity contribution in [3.63, 3.8) is 0 Å². The van der Waals surface area contributed by atoms with Gasteiger partial charge in [-0.2, -0.15) is 4.98 Å². The van der Waals surface area contributed by atoms with E-state index in [4.69, 9.17) is 5.11 Å². The molecule has 0 spiro atoms. The molecular formula is C5H8N2OS. The predicted molar refractivity (Wildman–Crippen MR) is 38.1 cm³/mol. The summed E-state index contributed by atoms with van der Waals surface area (Å²) >= 11 is 1.42. The molecule has 1 rings (SSSR count). The van der Waals surface area contributed by atoms with E-state index in [2.05, 4.69) is 4.98 Å². The maximum absolute atomic E-state index is 8.77. The molecule has 9 heavy (non-hydrogen) atoms. The molecule has 0 unspecified atom stereocenters. The van der Waals surface area contributed by atoms with Gasteiger partial charge in [0.05, 0.1) is 5.38 Å². The molecule has 0 saturated carbocycles. The van der Waals surface area contributed by atoms with Gasteiger partial charge >= 0.3 is 0 Å². The Labute approximate surface area is 57.6 Å². The van der Waals surface area contributed by atoms with Gasteiger partial charge in [-0.3, -0.25) is 0 Å². The number of aromatic nitrogens is 1. The normalized spacial score (nSPS) is 9.56. The van der Waals surface area contributed by atoms with Crippen LogP contribution in [0.4, 0.5) is 5.13 Å². The first kappa shape index (κ1) is 6.35. The summed E-state index contributed by atoms with van der Waals surface area (Å²) in [6.45, 7) is 0. The SMILES string of the molecule is CN(C)c1nc(O)cs1. The molecule has 0 fully saturated rings. The number of aromatic hydroxyl groups is 1. The number of hydrogen-bond donors (Lipinski definition) is 1. The lowest BCUT2D eigenvalue weighted by atomic mass is 10.9. The highest BCUT2D eigenvalue weighted by Crippen LogP contribution is 2.21. The van der Waals surface area contributed by atoms with Crippen molar-refractivity contribution < 1.29 is 5.11 Å². The average Bonchev–Trinajstić information content (AvgIpc) is 2.14. The molecular weight excluding hydrogens is 136 g/mol. The fraction of sp³-hybridized carbons (Fsp3) is 0.400. The highest BCUT2D eigenvalue weighted by Gasteiger charge is 1.99. The van der Waals surface area contributed by atoms with Gasteiger partial charge in [0.2, 0.25) is 5.88 Å². The van der Waals surface area contributed by atoms with Crippen LogP contribution in [0.5, 0.6) is 5.88 Å². The van der Waals surface area contributed by atoms with Crippen molar-refractivity contribution in [1.29, 1.82) is 0 Å². The number of hydrogen-bond acceptors (Lipinski definition) is 4. The third-order valence-electron chi connectivity index (χ3n) is 0.863. The van der Waals surface area contributed by atoms with Gasteiger partial charge in [0.15, 0.2) is 5.13 Å². The van der Waals surface area contributed by atoms with Crippen molar-refractivity contribution in [3.05, 3.63) is 5.38 Å². The molecule has 1 heterocycles. The quantitative estimate of drug-likeness (QED) is 0.636. The van der Waals surface area contributed by atoms with Crippen LogP contribution < -0.4 is 4.90 Å². The van der Waals surface area contributed by atoms with Crippen LogP contribution >= 0.6 is 11.3 Å². The summed E-state index contributed by atoms with van der Waals surface area (Å²) in [4.78, 5) is 5.66. The van der Waals surface area contributed by atoms with Gasteiger partial charge in [-0.25, -0.2) is 0 Å². The Balaban J connectivity index is 2.85. The third kappa shape index (κ3) is 1.32. The Morgan fingerprint density at radius 3 is 2.56 bits per heavy atom. The van der Waals surface area contributed by atoms with Gasteiger partial charge in [0.25, 0.3) is 0 Å². The minimum atomic E-state index is 0.101. The maximum Gasteiger partial charge on any atom is 0.223 e. The van der Waals surface area contributed by atoms with Gasteiger partial charge in [-0.15, -0.1) is 11.3 Å². The molecule has 1 N–H and O–H groups in total. The third-order valence-corrected chi connectivity index (χ3v) is 1.86. The Morgan fingerprint density at radius 2 is 2.33 bits per heavy atom. The summed E-state index contributed by atoms with van der Waals surface area (Å²) in [5.74, 6) is 0.101. The van der Waals surface area contributed by atoms with Crippen LogP contribution in [0.1, 0.15) is 0 Å². The van der Waals surface area contributed by atoms with E-state index in [1.54, 1.807) is 5.38 Å². The smallest absolute Gasteiger partial charge is 0.223 e. The summed E-state index contributed by atoms with van der Waals surface area (Å²) in [6.07, 6.45) is 0. The lowest BCUT2D eigenvalue weighted by molar-refractivity contribution is 0.457. The van der Waals surface area contributed by atoms with Crippen LogP contribution in [-0.2, 0) is 0 Å². The fourth-order valence-corrected chi connectivity index (χ4v) is 1.08. The van der Waals surface area contributed by atoms with Crippen LogP contribution in [0.15, 0.2) is 5.38 Å². The first-order valence-corrected chi connectivity index (χ1v) is 3.40. The van der Waals surface area contributed by atoms with Crippen molar-refractivity contribution in [2.24, 2.45) is 0 Å². The van der Waals surface area contributed by atoms with E-state index in [-0.39, 0.29) is 5.88 Å². The number of nitrogens with zero attached hydrogens (tertiary/aromatic N) is 2. The molecule has 3 nitrogen and oxygen atoms in total. The summed E-state index contributed by atoms with van der Waals surface area (Å²) in [5.41, 5.74) is 0. The molecule has 0 atom stereocenters. The van der Waals surface area contributed by atoms with Crippen LogP contribution in [0, 0.1) is 0 Å². The van der Waals surface area contributed by atoms with Gasteiger partial charge in [-0.05, 0) is 0 Å². The van der Waals surface area contributed by atoms with Crippen molar-refractivity contribution in [1.82, 2.24) is 4.98 Å². The molecule has 0 radical (unpaired) electrons. The molecule has 0 bridgehead atoms. The van der Waals surface area contributed by atoms with Crippen molar-refractivity contribution in [2.75, 3.05) is 19.0 Å². The molecule has 0 aliphatic rings. The van der Waals surface area contributed by atoms with Crippen molar-refractivity contribution in [2.45, 2.75) is 0 Å². The Hall–Kier alpha value is -0.770. The minimum Gasteiger partial charge on any atom is -0.493 e. The van der Waals surface area contributed by atoms with Crippen LogP contribution in [0.25, 0.3) is 0 Å². The number of thiazole rings is 1. The van der Waals surface area contributed by atoms with E-state index in [1.165, 1.54) is 11.3 Å². The minimum absolute atomic E-state index is 0.101. The number of rotatable bonds is 1. The van der Waals surface area contributed by atoms with Crippen molar-refractivity contribution in [3.8, 4) is 5.88 Å². The summed E-state index contributed by atoms with van der Waals surface area (Å²) in [5, 5.41) is 11.2. The predicted octanol–water partition coefficient (Wildman–Crippen LogP) is 0.915. The molecule has 0 saturated heterocycles. The van der Waals surface area contributed by atoms with Gasteiger partial charge in [0, 0.05) is 14.1 Å². The molecule has 0 aromatic carbocycles. The molecule has 1 aromatic heterocycles. The first-order chi connectivity index (χ1) is 4.20. The van der Waals surface area contributed by atoms with E-state index < -0.39 is 0 Å². The molecule has 0 amide bonds. The average molecular weight is 144 g/mol. The van der Waals surface area contributed by atoms with Gasteiger partial charge in [0.1, 0.15) is 0 Å². The maximum atomic E-state index is 8.77. The zero-order chi connectivity index (χ0) is 6.85. The Bertz CT molecular complexity index is 197. The van der Waals surface area contributed by atoms with Gasteiger partial charge < -0.3 is 10.0 Å². The molecule has 4 heteroatoms. The lowest BCUT2D eigenvalue weighted by Gasteiger charge is -2.04. The zero-order valence-corrected chi connectivity index (χ0v) is 6.14. The second-order valence-corrected chi connectivity index (χ2v) is 2.72. The zero-order valence-electron chi connectivity index (χ0n) is 5.33. The molecule has 0 aliphatic heterocycles. The van der Waals surface area contributed by atoms with E-state index in [0.29, 0.717) is 0 Å². The summed E-state index contributed by atoms with van der Waals surface area (Å²) in [6, 6.07) is 0. The highest BCUT2D eigenvalue weighted by atomic mass is 32.1. The monoisotopic (exact) mass is 144 g/mol. The van der Waals surface area contributed by atoms with E-state index in [0.717, 1.165) is 5.13 Å². The number of anilines is 1. The fourth-order valence-electron chi connectivity index (χ4n) is 0.462. The van der Waals surface area contributed by atoms with Crippen LogP contribution in [0.3, 0.4) is 0 Å².